The van der Waals surface area contributed by atoms with E-state index in [0.717, 1.165) is 61.5 Å². The molecule has 5 heteroatoms. The molecule has 0 N–H and O–H groups in total. The first-order valence-corrected chi connectivity index (χ1v) is 16.2. The van der Waals surface area contributed by atoms with Crippen LogP contribution in [0, 0.1) is 6.92 Å². The second-order valence-corrected chi connectivity index (χ2v) is 11.9. The summed E-state index contributed by atoms with van der Waals surface area (Å²) < 4.78 is 0. The van der Waals surface area contributed by atoms with Crippen molar-refractivity contribution in [2.75, 3.05) is 0 Å². The molecular weight excluding hydrogens is 599 g/mol. The van der Waals surface area contributed by atoms with Crippen LogP contribution in [0.15, 0.2) is 170 Å². The predicted octanol–water partition coefficient (Wildman–Crippen LogP) is 10.6. The molecule has 0 aliphatic rings. The third kappa shape index (κ3) is 6.51. The van der Waals surface area contributed by atoms with Crippen molar-refractivity contribution in [3.05, 3.63) is 176 Å². The van der Waals surface area contributed by atoms with Gasteiger partial charge in [-0.15, -0.1) is 0 Å². The summed E-state index contributed by atoms with van der Waals surface area (Å²) in [5, 5.41) is 0. The summed E-state index contributed by atoms with van der Waals surface area (Å²) >= 11 is 0. The van der Waals surface area contributed by atoms with E-state index in [1.165, 1.54) is 5.56 Å². The van der Waals surface area contributed by atoms with E-state index in [9.17, 15) is 0 Å². The van der Waals surface area contributed by atoms with Gasteiger partial charge in [-0.2, -0.15) is 0 Å². The summed E-state index contributed by atoms with van der Waals surface area (Å²) in [6, 6.07) is 53.8. The van der Waals surface area contributed by atoms with Crippen LogP contribution in [0.5, 0.6) is 0 Å². The number of rotatable bonds is 7. The molecule has 3 heterocycles. The molecule has 0 aliphatic heterocycles. The third-order valence-electron chi connectivity index (χ3n) is 8.44. The third-order valence-corrected chi connectivity index (χ3v) is 8.44. The molecule has 0 saturated carbocycles. The van der Waals surface area contributed by atoms with Crippen LogP contribution in [0.1, 0.15) is 5.56 Å². The highest BCUT2D eigenvalue weighted by Crippen LogP contribution is 2.34. The molecule has 0 bridgehead atoms. The predicted molar refractivity (Wildman–Crippen MR) is 198 cm³/mol. The van der Waals surface area contributed by atoms with Gasteiger partial charge in [-0.3, -0.25) is 4.98 Å². The van der Waals surface area contributed by atoms with E-state index < -0.39 is 0 Å². The molecular formula is C44H31N5. The molecule has 0 fully saturated rings. The molecule has 0 saturated heterocycles. The van der Waals surface area contributed by atoms with Gasteiger partial charge in [-0.25, -0.2) is 19.9 Å². The Kier molecular flexibility index (Phi) is 8.06. The van der Waals surface area contributed by atoms with E-state index in [1.807, 2.05) is 91.1 Å². The molecule has 5 aromatic carbocycles. The standard InChI is InChI=1S/C44H31N5/c1-30-24-40(32-12-5-2-6-13-32)46-41(25-30)33-21-19-31(20-22-33)37-26-38(36-18-11-23-45-29-36)28-39(27-37)44-48-42(34-14-7-3-8-15-34)47-43(49-44)35-16-9-4-10-17-35/h2-29H,1H3. The van der Waals surface area contributed by atoms with Crippen molar-refractivity contribution >= 4 is 0 Å². The van der Waals surface area contributed by atoms with Crippen LogP contribution in [0.2, 0.25) is 0 Å². The maximum Gasteiger partial charge on any atom is 0.164 e. The lowest BCUT2D eigenvalue weighted by Gasteiger charge is -2.13. The molecule has 0 spiro atoms. The summed E-state index contributed by atoms with van der Waals surface area (Å²) in [5.74, 6) is 1.86. The highest BCUT2D eigenvalue weighted by Gasteiger charge is 2.15. The van der Waals surface area contributed by atoms with Gasteiger partial charge in [0.05, 0.1) is 11.4 Å². The van der Waals surface area contributed by atoms with Crippen LogP contribution in [0.4, 0.5) is 0 Å². The van der Waals surface area contributed by atoms with Gasteiger partial charge in [0.1, 0.15) is 0 Å². The second-order valence-electron chi connectivity index (χ2n) is 11.9. The van der Waals surface area contributed by atoms with Crippen molar-refractivity contribution in [3.8, 4) is 78.9 Å². The molecule has 5 nitrogen and oxygen atoms in total. The summed E-state index contributed by atoms with van der Waals surface area (Å²) in [5.41, 5.74) is 12.2. The molecule has 3 aromatic heterocycles. The Morgan fingerprint density at radius 1 is 0.327 bits per heavy atom. The lowest BCUT2D eigenvalue weighted by Crippen LogP contribution is -2.00. The van der Waals surface area contributed by atoms with Crippen molar-refractivity contribution in [1.82, 2.24) is 24.9 Å². The number of nitrogens with zero attached hydrogens (tertiary/aromatic N) is 5. The number of hydrogen-bond donors (Lipinski definition) is 0. The Morgan fingerprint density at radius 2 is 0.755 bits per heavy atom. The van der Waals surface area contributed by atoms with Crippen LogP contribution in [0.3, 0.4) is 0 Å². The van der Waals surface area contributed by atoms with Crippen molar-refractivity contribution in [3.63, 3.8) is 0 Å². The average Bonchev–Trinajstić information content (AvgIpc) is 3.19. The van der Waals surface area contributed by atoms with E-state index >= 15 is 0 Å². The normalized spacial score (nSPS) is 11.0. The van der Waals surface area contributed by atoms with Gasteiger partial charge in [-0.05, 0) is 65.6 Å². The first-order chi connectivity index (χ1) is 24.2. The second kappa shape index (κ2) is 13.3. The first-order valence-electron chi connectivity index (χ1n) is 16.2. The molecule has 0 aliphatic carbocycles. The molecule has 0 amide bonds. The molecule has 232 valence electrons. The highest BCUT2D eigenvalue weighted by atomic mass is 15.0. The number of hydrogen-bond acceptors (Lipinski definition) is 5. The van der Waals surface area contributed by atoms with Gasteiger partial charge in [0.25, 0.3) is 0 Å². The van der Waals surface area contributed by atoms with Gasteiger partial charge in [0.15, 0.2) is 17.5 Å². The topological polar surface area (TPSA) is 64.5 Å². The van der Waals surface area contributed by atoms with Crippen LogP contribution < -0.4 is 0 Å². The molecule has 0 radical (unpaired) electrons. The fraction of sp³-hybridized carbons (Fsp3) is 0.0227. The maximum absolute atomic E-state index is 5.02. The molecule has 8 aromatic rings. The average molecular weight is 630 g/mol. The zero-order valence-electron chi connectivity index (χ0n) is 26.9. The van der Waals surface area contributed by atoms with Gasteiger partial charge >= 0.3 is 0 Å². The van der Waals surface area contributed by atoms with E-state index in [2.05, 4.69) is 84.7 Å². The van der Waals surface area contributed by atoms with Crippen LogP contribution in [0.25, 0.3) is 78.9 Å². The minimum absolute atomic E-state index is 0.605. The Bertz CT molecular complexity index is 2300. The van der Waals surface area contributed by atoms with Gasteiger partial charge in [0.2, 0.25) is 0 Å². The van der Waals surface area contributed by atoms with Gasteiger partial charge < -0.3 is 0 Å². The summed E-state index contributed by atoms with van der Waals surface area (Å²) in [4.78, 5) is 24.4. The maximum atomic E-state index is 5.02. The van der Waals surface area contributed by atoms with E-state index in [-0.39, 0.29) is 0 Å². The van der Waals surface area contributed by atoms with Crippen LogP contribution >= 0.6 is 0 Å². The zero-order valence-corrected chi connectivity index (χ0v) is 26.9. The van der Waals surface area contributed by atoms with Crippen LogP contribution in [-0.2, 0) is 0 Å². The highest BCUT2D eigenvalue weighted by molar-refractivity contribution is 5.81. The molecule has 0 unspecified atom stereocenters. The van der Waals surface area contributed by atoms with Crippen molar-refractivity contribution < 1.29 is 0 Å². The quantitative estimate of drug-likeness (QED) is 0.175. The Hall–Kier alpha value is -6.59. The van der Waals surface area contributed by atoms with E-state index in [1.54, 1.807) is 6.20 Å². The lowest BCUT2D eigenvalue weighted by atomic mass is 9.95. The Labute approximate surface area is 285 Å². The number of aryl methyl sites for hydroxylation is 1. The largest absolute Gasteiger partial charge is 0.264 e. The van der Waals surface area contributed by atoms with Gasteiger partial charge in [-0.1, -0.05) is 121 Å². The van der Waals surface area contributed by atoms with Crippen LogP contribution in [-0.4, -0.2) is 24.9 Å². The van der Waals surface area contributed by atoms with E-state index in [4.69, 9.17) is 19.9 Å². The fourth-order valence-electron chi connectivity index (χ4n) is 5.97. The Morgan fingerprint density at radius 3 is 1.29 bits per heavy atom. The number of pyridine rings is 2. The monoisotopic (exact) mass is 629 g/mol. The summed E-state index contributed by atoms with van der Waals surface area (Å²) in [6.07, 6.45) is 3.68. The molecule has 0 atom stereocenters. The SMILES string of the molecule is Cc1cc(-c2ccccc2)nc(-c2ccc(-c3cc(-c4cccnc4)cc(-c4nc(-c5ccccc5)nc(-c5ccccc5)n4)c3)cc2)c1. The summed E-state index contributed by atoms with van der Waals surface area (Å²) in [7, 11) is 0. The van der Waals surface area contributed by atoms with Gasteiger partial charge in [0, 0.05) is 45.8 Å². The fourth-order valence-corrected chi connectivity index (χ4v) is 5.97. The van der Waals surface area contributed by atoms with Crippen molar-refractivity contribution in [2.24, 2.45) is 0 Å². The minimum Gasteiger partial charge on any atom is -0.264 e. The number of benzene rings is 5. The lowest BCUT2D eigenvalue weighted by molar-refractivity contribution is 1.07. The molecule has 49 heavy (non-hydrogen) atoms. The smallest absolute Gasteiger partial charge is 0.164 e. The Balaban J connectivity index is 1.24. The van der Waals surface area contributed by atoms with Crippen molar-refractivity contribution in [1.29, 1.82) is 0 Å². The van der Waals surface area contributed by atoms with E-state index in [0.29, 0.717) is 17.5 Å². The number of aromatic nitrogens is 5. The molecule has 8 rings (SSSR count). The minimum atomic E-state index is 0.605. The van der Waals surface area contributed by atoms with Crippen molar-refractivity contribution in [2.45, 2.75) is 6.92 Å². The first kappa shape index (κ1) is 29.8. The summed E-state index contributed by atoms with van der Waals surface area (Å²) in [6.45, 7) is 2.12. The zero-order chi connectivity index (χ0) is 33.0.